The first-order valence-electron chi connectivity index (χ1n) is 4.69. The van der Waals surface area contributed by atoms with Crippen LogP contribution < -0.4 is 5.73 Å². The largest absolute Gasteiger partial charge is 0.366 e. The van der Waals surface area contributed by atoms with E-state index in [0.717, 1.165) is 30.2 Å². The van der Waals surface area contributed by atoms with Gasteiger partial charge in [0, 0.05) is 10.9 Å². The molecule has 0 saturated heterocycles. The number of unbranched alkanes of at least 4 members (excludes halogenated alkanes) is 1. The molecule has 2 N–H and O–H groups in total. The molecule has 14 heavy (non-hydrogen) atoms. The molecular weight excluding hydrogens is 242 g/mol. The number of rotatable bonds is 5. The Hall–Kier alpha value is -0.830. The molecule has 0 aliphatic rings. The second-order valence-corrected chi connectivity index (χ2v) is 3.96. The number of carbonyl (C=O) groups is 1. The van der Waals surface area contributed by atoms with E-state index in [1.54, 1.807) is 6.07 Å². The monoisotopic (exact) mass is 255 g/mol. The average molecular weight is 256 g/mol. The van der Waals surface area contributed by atoms with Crippen molar-refractivity contribution in [2.75, 3.05) is 5.33 Å². The molecule has 1 aromatic carbocycles. The smallest absolute Gasteiger partial charge is 0.248 e. The van der Waals surface area contributed by atoms with E-state index < -0.39 is 0 Å². The highest BCUT2D eigenvalue weighted by Gasteiger charge is 2.05. The van der Waals surface area contributed by atoms with Gasteiger partial charge in [0.1, 0.15) is 0 Å². The lowest BCUT2D eigenvalue weighted by molar-refractivity contribution is 0.0999. The maximum Gasteiger partial charge on any atom is 0.248 e. The van der Waals surface area contributed by atoms with E-state index in [1.807, 2.05) is 18.2 Å². The molecule has 2 nitrogen and oxygen atoms in total. The minimum atomic E-state index is -0.334. The molecule has 1 amide bonds. The Bertz CT molecular complexity index is 312. The van der Waals surface area contributed by atoms with Crippen LogP contribution in [0.3, 0.4) is 0 Å². The summed E-state index contributed by atoms with van der Waals surface area (Å²) in [5, 5.41) is 1.01. The molecule has 3 heteroatoms. The third-order valence-corrected chi connectivity index (χ3v) is 2.67. The number of halogens is 1. The SMILES string of the molecule is NC(=O)c1ccccc1CCCCBr. The molecule has 0 spiro atoms. The van der Waals surface area contributed by atoms with E-state index in [1.165, 1.54) is 0 Å². The van der Waals surface area contributed by atoms with Crippen LogP contribution in [0.15, 0.2) is 24.3 Å². The number of amides is 1. The van der Waals surface area contributed by atoms with Gasteiger partial charge in [-0.2, -0.15) is 0 Å². The Morgan fingerprint density at radius 2 is 2.00 bits per heavy atom. The molecule has 76 valence electrons. The fraction of sp³-hybridized carbons (Fsp3) is 0.364. The lowest BCUT2D eigenvalue weighted by atomic mass is 10.0. The summed E-state index contributed by atoms with van der Waals surface area (Å²) in [6, 6.07) is 7.53. The van der Waals surface area contributed by atoms with Crippen LogP contribution in [-0.4, -0.2) is 11.2 Å². The highest BCUT2D eigenvalue weighted by atomic mass is 79.9. The predicted octanol–water partition coefficient (Wildman–Crippen LogP) is 2.50. The van der Waals surface area contributed by atoms with E-state index in [4.69, 9.17) is 5.73 Å². The van der Waals surface area contributed by atoms with Crippen molar-refractivity contribution >= 4 is 21.8 Å². The lowest BCUT2D eigenvalue weighted by Gasteiger charge is -2.05. The zero-order valence-electron chi connectivity index (χ0n) is 8.00. The molecule has 1 aromatic rings. The summed E-state index contributed by atoms with van der Waals surface area (Å²) in [6.45, 7) is 0. The number of nitrogens with two attached hydrogens (primary N) is 1. The molecule has 0 saturated carbocycles. The van der Waals surface area contributed by atoms with E-state index in [9.17, 15) is 4.79 Å². The van der Waals surface area contributed by atoms with Gasteiger partial charge in [0.2, 0.25) is 5.91 Å². The lowest BCUT2D eigenvalue weighted by Crippen LogP contribution is -2.13. The van der Waals surface area contributed by atoms with Crippen LogP contribution in [0.25, 0.3) is 0 Å². The molecule has 0 unspecified atom stereocenters. The Morgan fingerprint density at radius 1 is 1.29 bits per heavy atom. The first-order valence-corrected chi connectivity index (χ1v) is 5.81. The fourth-order valence-electron chi connectivity index (χ4n) is 1.39. The molecule has 0 radical (unpaired) electrons. The molecule has 1 rings (SSSR count). The van der Waals surface area contributed by atoms with Crippen molar-refractivity contribution in [2.45, 2.75) is 19.3 Å². The summed E-state index contributed by atoms with van der Waals surface area (Å²) >= 11 is 3.38. The molecule has 0 atom stereocenters. The highest BCUT2D eigenvalue weighted by Crippen LogP contribution is 2.11. The fourth-order valence-corrected chi connectivity index (χ4v) is 1.79. The Balaban J connectivity index is 2.69. The van der Waals surface area contributed by atoms with Gasteiger partial charge in [-0.3, -0.25) is 4.79 Å². The highest BCUT2D eigenvalue weighted by molar-refractivity contribution is 9.09. The number of aryl methyl sites for hydroxylation is 1. The molecule has 0 bridgehead atoms. The van der Waals surface area contributed by atoms with Gasteiger partial charge in [-0.05, 0) is 30.9 Å². The van der Waals surface area contributed by atoms with Crippen LogP contribution in [0.5, 0.6) is 0 Å². The van der Waals surface area contributed by atoms with Crippen LogP contribution in [-0.2, 0) is 6.42 Å². The van der Waals surface area contributed by atoms with E-state index in [2.05, 4.69) is 15.9 Å². The number of primary amides is 1. The van der Waals surface area contributed by atoms with Gasteiger partial charge in [0.15, 0.2) is 0 Å². The summed E-state index contributed by atoms with van der Waals surface area (Å²) in [7, 11) is 0. The molecule has 0 aromatic heterocycles. The molecule has 0 aliphatic carbocycles. The third-order valence-electron chi connectivity index (χ3n) is 2.11. The Morgan fingerprint density at radius 3 is 2.64 bits per heavy atom. The standard InChI is InChI=1S/C11H14BrNO/c12-8-4-3-6-9-5-1-2-7-10(9)11(13)14/h1-2,5,7H,3-4,6,8H2,(H2,13,14). The van der Waals surface area contributed by atoms with Crippen molar-refractivity contribution in [1.29, 1.82) is 0 Å². The molecular formula is C11H14BrNO. The van der Waals surface area contributed by atoms with Crippen molar-refractivity contribution in [1.82, 2.24) is 0 Å². The van der Waals surface area contributed by atoms with Gasteiger partial charge in [-0.25, -0.2) is 0 Å². The van der Waals surface area contributed by atoms with Crippen molar-refractivity contribution in [2.24, 2.45) is 5.73 Å². The van der Waals surface area contributed by atoms with Crippen LogP contribution >= 0.6 is 15.9 Å². The average Bonchev–Trinajstić information content (AvgIpc) is 2.19. The van der Waals surface area contributed by atoms with Gasteiger partial charge in [-0.1, -0.05) is 34.1 Å². The van der Waals surface area contributed by atoms with Gasteiger partial charge >= 0.3 is 0 Å². The first-order chi connectivity index (χ1) is 6.75. The van der Waals surface area contributed by atoms with Crippen LogP contribution in [0.1, 0.15) is 28.8 Å². The summed E-state index contributed by atoms with van der Waals surface area (Å²) in [4.78, 5) is 11.1. The van der Waals surface area contributed by atoms with Crippen molar-refractivity contribution in [3.63, 3.8) is 0 Å². The molecule has 0 aliphatic heterocycles. The van der Waals surface area contributed by atoms with Crippen molar-refractivity contribution in [3.05, 3.63) is 35.4 Å². The minimum absolute atomic E-state index is 0.334. The first kappa shape index (κ1) is 11.2. The normalized spacial score (nSPS) is 10.1. The second-order valence-electron chi connectivity index (χ2n) is 3.17. The summed E-state index contributed by atoms with van der Waals surface area (Å²) in [6.07, 6.45) is 3.12. The Kier molecular flexibility index (Phi) is 4.66. The van der Waals surface area contributed by atoms with Crippen LogP contribution in [0.4, 0.5) is 0 Å². The number of hydrogen-bond donors (Lipinski definition) is 1. The van der Waals surface area contributed by atoms with Crippen LogP contribution in [0.2, 0.25) is 0 Å². The number of carbonyl (C=O) groups excluding carboxylic acids is 1. The quantitative estimate of drug-likeness (QED) is 0.638. The maximum atomic E-state index is 11.1. The maximum absolute atomic E-state index is 11.1. The zero-order valence-corrected chi connectivity index (χ0v) is 9.59. The van der Waals surface area contributed by atoms with Gasteiger partial charge in [-0.15, -0.1) is 0 Å². The molecule has 0 fully saturated rings. The van der Waals surface area contributed by atoms with E-state index >= 15 is 0 Å². The van der Waals surface area contributed by atoms with E-state index in [-0.39, 0.29) is 5.91 Å². The van der Waals surface area contributed by atoms with Crippen LogP contribution in [0, 0.1) is 0 Å². The minimum Gasteiger partial charge on any atom is -0.366 e. The summed E-state index contributed by atoms with van der Waals surface area (Å²) in [5.41, 5.74) is 6.98. The molecule has 0 heterocycles. The van der Waals surface area contributed by atoms with Crippen molar-refractivity contribution < 1.29 is 4.79 Å². The number of alkyl halides is 1. The van der Waals surface area contributed by atoms with Gasteiger partial charge < -0.3 is 5.73 Å². The zero-order chi connectivity index (χ0) is 10.4. The van der Waals surface area contributed by atoms with Crippen molar-refractivity contribution in [3.8, 4) is 0 Å². The summed E-state index contributed by atoms with van der Waals surface area (Å²) < 4.78 is 0. The summed E-state index contributed by atoms with van der Waals surface area (Å²) in [5.74, 6) is -0.334. The second kappa shape index (κ2) is 5.81. The Labute approximate surface area is 92.6 Å². The third kappa shape index (κ3) is 3.14. The topological polar surface area (TPSA) is 43.1 Å². The van der Waals surface area contributed by atoms with Gasteiger partial charge in [0.25, 0.3) is 0 Å². The predicted molar refractivity (Wildman–Crippen MR) is 61.7 cm³/mol. The number of hydrogen-bond acceptors (Lipinski definition) is 1. The van der Waals surface area contributed by atoms with E-state index in [0.29, 0.717) is 5.56 Å². The number of benzene rings is 1. The van der Waals surface area contributed by atoms with Gasteiger partial charge in [0.05, 0.1) is 0 Å².